The van der Waals surface area contributed by atoms with Crippen molar-refractivity contribution in [1.29, 1.82) is 0 Å². The summed E-state index contributed by atoms with van der Waals surface area (Å²) >= 11 is 7.55. The second kappa shape index (κ2) is 8.86. The molecule has 138 valence electrons. The summed E-state index contributed by atoms with van der Waals surface area (Å²) in [5, 5.41) is 20.9. The van der Waals surface area contributed by atoms with Crippen LogP contribution in [-0.4, -0.2) is 19.5 Å². The number of nitrogens with one attached hydrogen (secondary N) is 1. The standard InChI is InChI=1S/C12H11ClN2O5S.C4H4S/c13-9-5-10(15-6-7-2-1-3-20-7)8(12(16)17)4-11(9)21(14,18)19;1-2-4-5-3-1/h1-5,15H,6H2,(H,16,17)(H2,14,18,19);1-4H. The largest absolute Gasteiger partial charge is 0.478 e. The highest BCUT2D eigenvalue weighted by molar-refractivity contribution is 7.89. The Morgan fingerprint density at radius 2 is 1.96 bits per heavy atom. The number of anilines is 1. The van der Waals surface area contributed by atoms with Gasteiger partial charge in [-0.25, -0.2) is 18.4 Å². The van der Waals surface area contributed by atoms with E-state index in [4.69, 9.17) is 26.3 Å². The van der Waals surface area contributed by atoms with Gasteiger partial charge >= 0.3 is 5.97 Å². The molecule has 26 heavy (non-hydrogen) atoms. The molecule has 3 aromatic rings. The van der Waals surface area contributed by atoms with Crippen LogP contribution in [0, 0.1) is 0 Å². The van der Waals surface area contributed by atoms with Crippen LogP contribution in [-0.2, 0) is 16.6 Å². The van der Waals surface area contributed by atoms with Gasteiger partial charge in [0.05, 0.1) is 29.1 Å². The zero-order valence-corrected chi connectivity index (χ0v) is 15.6. The van der Waals surface area contributed by atoms with Crippen molar-refractivity contribution in [3.63, 3.8) is 0 Å². The molecule has 0 amide bonds. The summed E-state index contributed by atoms with van der Waals surface area (Å²) in [6, 6.07) is 9.55. The van der Waals surface area contributed by atoms with E-state index < -0.39 is 20.9 Å². The lowest BCUT2D eigenvalue weighted by atomic mass is 10.1. The Labute approximate surface area is 159 Å². The van der Waals surface area contributed by atoms with Crippen molar-refractivity contribution in [3.8, 4) is 0 Å². The summed E-state index contributed by atoms with van der Waals surface area (Å²) < 4.78 is 27.8. The Hall–Kier alpha value is -2.33. The van der Waals surface area contributed by atoms with E-state index in [9.17, 15) is 13.2 Å². The maximum absolute atomic E-state index is 11.3. The summed E-state index contributed by atoms with van der Waals surface area (Å²) in [4.78, 5) is 10.8. The molecule has 0 unspecified atom stereocenters. The number of halogens is 1. The summed E-state index contributed by atoms with van der Waals surface area (Å²) in [6.45, 7) is 0.221. The normalized spacial score (nSPS) is 10.7. The number of furan rings is 1. The molecule has 2 heterocycles. The van der Waals surface area contributed by atoms with E-state index in [1.54, 1.807) is 23.5 Å². The average molecular weight is 415 g/mol. The molecule has 0 fully saturated rings. The van der Waals surface area contributed by atoms with Gasteiger partial charge in [0, 0.05) is 0 Å². The van der Waals surface area contributed by atoms with Gasteiger partial charge < -0.3 is 14.8 Å². The van der Waals surface area contributed by atoms with Gasteiger partial charge in [-0.3, -0.25) is 0 Å². The summed E-state index contributed by atoms with van der Waals surface area (Å²) in [5.41, 5.74) is -0.0914. The third kappa shape index (κ3) is 5.60. The molecule has 0 saturated carbocycles. The molecule has 4 N–H and O–H groups in total. The van der Waals surface area contributed by atoms with Gasteiger partial charge in [0.1, 0.15) is 10.7 Å². The van der Waals surface area contributed by atoms with Gasteiger partial charge in [-0.1, -0.05) is 23.7 Å². The number of carbonyl (C=O) groups is 1. The smallest absolute Gasteiger partial charge is 0.337 e. The number of benzene rings is 1. The van der Waals surface area contributed by atoms with E-state index in [1.807, 2.05) is 22.9 Å². The topological polar surface area (TPSA) is 123 Å². The molecular weight excluding hydrogens is 400 g/mol. The minimum Gasteiger partial charge on any atom is -0.478 e. The molecular formula is C16H15ClN2O5S2. The first kappa shape index (κ1) is 20.0. The summed E-state index contributed by atoms with van der Waals surface area (Å²) in [6.07, 6.45) is 1.48. The van der Waals surface area contributed by atoms with Crippen molar-refractivity contribution < 1.29 is 22.7 Å². The van der Waals surface area contributed by atoms with E-state index in [-0.39, 0.29) is 22.8 Å². The lowest BCUT2D eigenvalue weighted by molar-refractivity contribution is 0.0697. The fourth-order valence-electron chi connectivity index (χ4n) is 1.92. The first-order chi connectivity index (χ1) is 12.3. The molecule has 0 atom stereocenters. The predicted octanol–water partition coefficient (Wildman–Crippen LogP) is 3.64. The number of carboxylic acids is 1. The molecule has 0 radical (unpaired) electrons. The zero-order chi connectivity index (χ0) is 19.2. The third-order valence-corrected chi connectivity index (χ3v) is 5.07. The monoisotopic (exact) mass is 414 g/mol. The van der Waals surface area contributed by atoms with Gasteiger partial charge in [-0.05, 0) is 35.0 Å². The maximum atomic E-state index is 11.3. The van der Waals surface area contributed by atoms with Crippen LogP contribution in [0.5, 0.6) is 0 Å². The fraction of sp³-hybridized carbons (Fsp3) is 0.0625. The van der Waals surface area contributed by atoms with E-state index in [0.717, 1.165) is 6.07 Å². The highest BCUT2D eigenvalue weighted by atomic mass is 35.5. The van der Waals surface area contributed by atoms with Crippen LogP contribution in [0.1, 0.15) is 16.1 Å². The van der Waals surface area contributed by atoms with Gasteiger partial charge in [0.2, 0.25) is 10.0 Å². The highest BCUT2D eigenvalue weighted by Crippen LogP contribution is 2.28. The first-order valence-electron chi connectivity index (χ1n) is 7.12. The van der Waals surface area contributed by atoms with Crippen LogP contribution in [0.3, 0.4) is 0 Å². The van der Waals surface area contributed by atoms with Crippen LogP contribution in [0.15, 0.2) is 62.7 Å². The Kier molecular flexibility index (Phi) is 6.81. The Balaban J connectivity index is 0.000000417. The molecule has 2 aromatic heterocycles. The Bertz CT molecular complexity index is 938. The molecule has 0 bridgehead atoms. The van der Waals surface area contributed by atoms with Gasteiger partial charge in [-0.15, -0.1) is 0 Å². The Morgan fingerprint density at radius 1 is 1.27 bits per heavy atom. The minimum absolute atomic E-state index is 0.163. The molecule has 10 heteroatoms. The third-order valence-electron chi connectivity index (χ3n) is 3.07. The van der Waals surface area contributed by atoms with E-state index in [1.165, 1.54) is 12.3 Å². The molecule has 0 saturated heterocycles. The highest BCUT2D eigenvalue weighted by Gasteiger charge is 2.20. The zero-order valence-electron chi connectivity index (χ0n) is 13.3. The van der Waals surface area contributed by atoms with E-state index in [2.05, 4.69) is 5.32 Å². The number of carboxylic acid groups (broad SMARTS) is 1. The molecule has 0 aliphatic carbocycles. The number of rotatable bonds is 5. The first-order valence-corrected chi connectivity index (χ1v) is 9.99. The van der Waals surface area contributed by atoms with Crippen molar-refractivity contribution in [3.05, 3.63) is 69.8 Å². The Morgan fingerprint density at radius 3 is 2.42 bits per heavy atom. The second-order valence-electron chi connectivity index (χ2n) is 4.90. The molecule has 1 aromatic carbocycles. The van der Waals surface area contributed by atoms with Gasteiger partial charge in [0.25, 0.3) is 0 Å². The van der Waals surface area contributed by atoms with Crippen LogP contribution in [0.2, 0.25) is 5.02 Å². The van der Waals surface area contributed by atoms with Crippen LogP contribution in [0.4, 0.5) is 5.69 Å². The summed E-state index contributed by atoms with van der Waals surface area (Å²) in [7, 11) is -4.11. The number of hydrogen-bond donors (Lipinski definition) is 3. The van der Waals surface area contributed by atoms with E-state index in [0.29, 0.717) is 5.76 Å². The molecule has 0 spiro atoms. The van der Waals surface area contributed by atoms with Crippen molar-refractivity contribution in [2.45, 2.75) is 11.4 Å². The SMILES string of the molecule is NS(=O)(=O)c1cc(C(=O)O)c(NCc2ccco2)cc1Cl.c1ccsc1. The number of aromatic carboxylic acids is 1. The molecule has 0 aliphatic rings. The fourth-order valence-corrected chi connectivity index (χ4v) is 3.47. The van der Waals surface area contributed by atoms with Crippen LogP contribution >= 0.6 is 22.9 Å². The maximum Gasteiger partial charge on any atom is 0.337 e. The summed E-state index contributed by atoms with van der Waals surface area (Å²) in [5.74, 6) is -0.725. The second-order valence-corrected chi connectivity index (χ2v) is 7.66. The lowest BCUT2D eigenvalue weighted by Crippen LogP contribution is -2.15. The number of thiophene rings is 1. The number of sulfonamides is 1. The van der Waals surface area contributed by atoms with Crippen LogP contribution in [0.25, 0.3) is 0 Å². The van der Waals surface area contributed by atoms with Crippen molar-refractivity contribution >= 4 is 44.6 Å². The van der Waals surface area contributed by atoms with Crippen molar-refractivity contribution in [2.75, 3.05) is 5.32 Å². The predicted molar refractivity (Wildman–Crippen MR) is 100 cm³/mol. The molecule has 3 rings (SSSR count). The van der Waals surface area contributed by atoms with Crippen molar-refractivity contribution in [2.24, 2.45) is 5.14 Å². The number of hydrogen-bond acceptors (Lipinski definition) is 6. The van der Waals surface area contributed by atoms with Gasteiger partial charge in [0.15, 0.2) is 0 Å². The quantitative estimate of drug-likeness (QED) is 0.585. The van der Waals surface area contributed by atoms with Crippen LogP contribution < -0.4 is 10.5 Å². The lowest BCUT2D eigenvalue weighted by Gasteiger charge is -2.11. The molecule has 7 nitrogen and oxygen atoms in total. The molecule has 0 aliphatic heterocycles. The number of primary sulfonamides is 1. The minimum atomic E-state index is -4.11. The van der Waals surface area contributed by atoms with Crippen molar-refractivity contribution in [1.82, 2.24) is 0 Å². The van der Waals surface area contributed by atoms with E-state index >= 15 is 0 Å². The van der Waals surface area contributed by atoms with Gasteiger partial charge in [-0.2, -0.15) is 11.3 Å². The average Bonchev–Trinajstić information content (AvgIpc) is 3.27. The number of nitrogens with two attached hydrogens (primary N) is 1.